The molecule has 20 heavy (non-hydrogen) atoms. The Hall–Kier alpha value is -2.36. The maximum Gasteiger partial charge on any atom is 0.151 e. The standard InChI is InChI=1S/C16H18N2O2/c1-12-8-14(11-19)9-17-16(12)18(2)10-13-4-6-15(20-3)7-5-13/h4-9,11H,10H2,1-3H3. The second-order valence-electron chi connectivity index (χ2n) is 4.73. The third-order valence-electron chi connectivity index (χ3n) is 3.15. The van der Waals surface area contributed by atoms with Crippen molar-refractivity contribution in [2.24, 2.45) is 0 Å². The highest BCUT2D eigenvalue weighted by atomic mass is 16.5. The lowest BCUT2D eigenvalue weighted by Crippen LogP contribution is -2.18. The van der Waals surface area contributed by atoms with Gasteiger partial charge in [0.15, 0.2) is 6.29 Å². The van der Waals surface area contributed by atoms with Gasteiger partial charge in [0.1, 0.15) is 11.6 Å². The molecule has 0 N–H and O–H groups in total. The van der Waals surface area contributed by atoms with E-state index in [9.17, 15) is 4.79 Å². The van der Waals surface area contributed by atoms with Gasteiger partial charge in [-0.15, -0.1) is 0 Å². The van der Waals surface area contributed by atoms with Crippen LogP contribution in [0.15, 0.2) is 36.5 Å². The summed E-state index contributed by atoms with van der Waals surface area (Å²) in [6.07, 6.45) is 2.41. The number of hydrogen-bond acceptors (Lipinski definition) is 4. The number of aldehydes is 1. The van der Waals surface area contributed by atoms with Crippen LogP contribution in [-0.4, -0.2) is 25.4 Å². The molecule has 4 heteroatoms. The van der Waals surface area contributed by atoms with E-state index in [1.165, 1.54) is 5.56 Å². The molecule has 4 nitrogen and oxygen atoms in total. The highest BCUT2D eigenvalue weighted by molar-refractivity contribution is 5.75. The Kier molecular flexibility index (Phi) is 4.35. The van der Waals surface area contributed by atoms with Gasteiger partial charge in [-0.2, -0.15) is 0 Å². The Morgan fingerprint density at radius 1 is 1.30 bits per heavy atom. The van der Waals surface area contributed by atoms with E-state index in [4.69, 9.17) is 4.74 Å². The van der Waals surface area contributed by atoms with Gasteiger partial charge in [-0.3, -0.25) is 4.79 Å². The Morgan fingerprint density at radius 3 is 2.55 bits per heavy atom. The van der Waals surface area contributed by atoms with Crippen LogP contribution in [0, 0.1) is 6.92 Å². The van der Waals surface area contributed by atoms with Crippen molar-refractivity contribution in [2.75, 3.05) is 19.1 Å². The smallest absolute Gasteiger partial charge is 0.151 e. The topological polar surface area (TPSA) is 42.4 Å². The molecule has 0 amide bonds. The molecule has 0 aliphatic rings. The minimum Gasteiger partial charge on any atom is -0.497 e. The van der Waals surface area contributed by atoms with Crippen LogP contribution in [-0.2, 0) is 6.54 Å². The van der Waals surface area contributed by atoms with Crippen molar-refractivity contribution in [1.82, 2.24) is 4.98 Å². The van der Waals surface area contributed by atoms with Crippen LogP contribution in [0.3, 0.4) is 0 Å². The van der Waals surface area contributed by atoms with Crippen molar-refractivity contribution in [1.29, 1.82) is 0 Å². The fourth-order valence-electron chi connectivity index (χ4n) is 2.13. The van der Waals surface area contributed by atoms with E-state index < -0.39 is 0 Å². The van der Waals surface area contributed by atoms with Crippen LogP contribution in [0.1, 0.15) is 21.5 Å². The summed E-state index contributed by atoms with van der Waals surface area (Å²) in [4.78, 5) is 17.1. The lowest BCUT2D eigenvalue weighted by molar-refractivity contribution is 0.112. The Balaban J connectivity index is 2.14. The molecule has 0 saturated carbocycles. The third kappa shape index (κ3) is 3.15. The molecule has 0 saturated heterocycles. The van der Waals surface area contributed by atoms with E-state index >= 15 is 0 Å². The van der Waals surface area contributed by atoms with Gasteiger partial charge < -0.3 is 9.64 Å². The number of benzene rings is 1. The quantitative estimate of drug-likeness (QED) is 0.783. The molecule has 0 atom stereocenters. The summed E-state index contributed by atoms with van der Waals surface area (Å²) in [5.74, 6) is 1.73. The predicted molar refractivity (Wildman–Crippen MR) is 79.5 cm³/mol. The first-order valence-corrected chi connectivity index (χ1v) is 6.40. The van der Waals surface area contributed by atoms with Gasteiger partial charge in [-0.1, -0.05) is 12.1 Å². The molecule has 2 rings (SSSR count). The largest absolute Gasteiger partial charge is 0.497 e. The molecular weight excluding hydrogens is 252 g/mol. The number of rotatable bonds is 5. The van der Waals surface area contributed by atoms with Gasteiger partial charge in [0.05, 0.1) is 7.11 Å². The van der Waals surface area contributed by atoms with Crippen LogP contribution in [0.4, 0.5) is 5.82 Å². The molecule has 1 heterocycles. The summed E-state index contributed by atoms with van der Waals surface area (Å²) < 4.78 is 5.14. The molecule has 2 aromatic rings. The maximum atomic E-state index is 10.7. The minimum absolute atomic E-state index is 0.601. The van der Waals surface area contributed by atoms with E-state index in [-0.39, 0.29) is 0 Å². The highest BCUT2D eigenvalue weighted by Gasteiger charge is 2.08. The molecule has 0 aliphatic heterocycles. The van der Waals surface area contributed by atoms with Gasteiger partial charge in [-0.25, -0.2) is 4.98 Å². The molecular formula is C16H18N2O2. The SMILES string of the molecule is COc1ccc(CN(C)c2ncc(C=O)cc2C)cc1. The fraction of sp³-hybridized carbons (Fsp3) is 0.250. The van der Waals surface area contributed by atoms with Gasteiger partial charge in [0.2, 0.25) is 0 Å². The minimum atomic E-state index is 0.601. The van der Waals surface area contributed by atoms with Gasteiger partial charge in [0.25, 0.3) is 0 Å². The first-order valence-electron chi connectivity index (χ1n) is 6.40. The van der Waals surface area contributed by atoms with E-state index in [1.807, 2.05) is 44.3 Å². The number of nitrogens with zero attached hydrogens (tertiary/aromatic N) is 2. The van der Waals surface area contributed by atoms with Crippen LogP contribution in [0.5, 0.6) is 5.75 Å². The molecule has 1 aromatic carbocycles. The Morgan fingerprint density at radius 2 is 2.00 bits per heavy atom. The maximum absolute atomic E-state index is 10.7. The molecule has 0 fully saturated rings. The van der Waals surface area contributed by atoms with Crippen molar-refractivity contribution in [3.8, 4) is 5.75 Å². The fourth-order valence-corrected chi connectivity index (χ4v) is 2.13. The van der Waals surface area contributed by atoms with E-state index in [0.717, 1.165) is 30.0 Å². The van der Waals surface area contributed by atoms with Crippen molar-refractivity contribution in [3.63, 3.8) is 0 Å². The number of pyridine rings is 1. The van der Waals surface area contributed by atoms with E-state index in [1.54, 1.807) is 13.3 Å². The number of aromatic nitrogens is 1. The van der Waals surface area contributed by atoms with Crippen LogP contribution in [0.2, 0.25) is 0 Å². The molecule has 0 radical (unpaired) electrons. The number of methoxy groups -OCH3 is 1. The number of ether oxygens (including phenoxy) is 1. The Bertz CT molecular complexity index is 594. The second-order valence-corrected chi connectivity index (χ2v) is 4.73. The lowest BCUT2D eigenvalue weighted by atomic mass is 10.2. The first kappa shape index (κ1) is 14.1. The normalized spacial score (nSPS) is 10.2. The molecule has 0 unspecified atom stereocenters. The van der Waals surface area contributed by atoms with Gasteiger partial charge >= 0.3 is 0 Å². The number of hydrogen-bond donors (Lipinski definition) is 0. The zero-order valence-corrected chi connectivity index (χ0v) is 12.0. The summed E-state index contributed by atoms with van der Waals surface area (Å²) in [5, 5.41) is 0. The highest BCUT2D eigenvalue weighted by Crippen LogP contribution is 2.19. The average Bonchev–Trinajstić information content (AvgIpc) is 2.47. The summed E-state index contributed by atoms with van der Waals surface area (Å²) in [6, 6.07) is 9.80. The zero-order chi connectivity index (χ0) is 14.5. The van der Waals surface area contributed by atoms with Crippen LogP contribution >= 0.6 is 0 Å². The molecule has 0 spiro atoms. The lowest BCUT2D eigenvalue weighted by Gasteiger charge is -2.20. The molecule has 0 aliphatic carbocycles. The number of aryl methyl sites for hydroxylation is 1. The second kappa shape index (κ2) is 6.19. The van der Waals surface area contributed by atoms with Crippen molar-refractivity contribution in [3.05, 3.63) is 53.2 Å². The number of anilines is 1. The molecule has 1 aromatic heterocycles. The number of carbonyl (C=O) groups excluding carboxylic acids is 1. The van der Waals surface area contributed by atoms with Gasteiger partial charge in [-0.05, 0) is 36.2 Å². The zero-order valence-electron chi connectivity index (χ0n) is 12.0. The third-order valence-corrected chi connectivity index (χ3v) is 3.15. The van der Waals surface area contributed by atoms with Crippen molar-refractivity contribution in [2.45, 2.75) is 13.5 Å². The van der Waals surface area contributed by atoms with E-state index in [2.05, 4.69) is 9.88 Å². The van der Waals surface area contributed by atoms with Crippen molar-refractivity contribution < 1.29 is 9.53 Å². The average molecular weight is 270 g/mol. The molecule has 104 valence electrons. The van der Waals surface area contributed by atoms with Gasteiger partial charge in [0, 0.05) is 25.4 Å². The molecule has 0 bridgehead atoms. The van der Waals surface area contributed by atoms with Crippen LogP contribution in [0.25, 0.3) is 0 Å². The van der Waals surface area contributed by atoms with Crippen molar-refractivity contribution >= 4 is 12.1 Å². The van der Waals surface area contributed by atoms with E-state index in [0.29, 0.717) is 5.56 Å². The summed E-state index contributed by atoms with van der Waals surface area (Å²) in [6.45, 7) is 2.71. The monoisotopic (exact) mass is 270 g/mol. The first-order chi connectivity index (χ1) is 9.63. The predicted octanol–water partition coefficient (Wildman–Crippen LogP) is 2.85. The van der Waals surface area contributed by atoms with Crippen LogP contribution < -0.4 is 9.64 Å². The summed E-state index contributed by atoms with van der Waals surface area (Å²) in [5.41, 5.74) is 2.77. The summed E-state index contributed by atoms with van der Waals surface area (Å²) >= 11 is 0. The summed E-state index contributed by atoms with van der Waals surface area (Å²) in [7, 11) is 3.64. The number of carbonyl (C=O) groups is 1. The Labute approximate surface area is 119 Å².